The number of rotatable bonds is 4. The van der Waals surface area contributed by atoms with E-state index in [1.54, 1.807) is 13.8 Å². The number of piperidine rings is 1. The van der Waals surface area contributed by atoms with E-state index in [1.807, 2.05) is 18.2 Å². The van der Waals surface area contributed by atoms with E-state index in [4.69, 9.17) is 4.52 Å². The molecule has 3 aromatic rings. The Morgan fingerprint density at radius 2 is 1.90 bits per heavy atom. The molecule has 30 heavy (non-hydrogen) atoms. The summed E-state index contributed by atoms with van der Waals surface area (Å²) in [6.07, 6.45) is 3.37. The molecule has 5 rings (SSSR count). The number of carbonyl (C=O) groups is 1. The fraction of sp³-hybridized carbons (Fsp3) is 0.391. The van der Waals surface area contributed by atoms with Gasteiger partial charge < -0.3 is 4.52 Å². The minimum atomic E-state index is -3.75. The highest BCUT2D eigenvalue weighted by Gasteiger charge is 2.37. The van der Waals surface area contributed by atoms with Gasteiger partial charge in [-0.1, -0.05) is 35.5 Å². The van der Waals surface area contributed by atoms with Crippen LogP contribution in [0.5, 0.6) is 0 Å². The topological polar surface area (TPSA) is 80.5 Å². The smallest absolute Gasteiger partial charge is 0.248 e. The first-order valence-corrected chi connectivity index (χ1v) is 11.8. The Balaban J connectivity index is 1.48. The molecule has 0 amide bonds. The Morgan fingerprint density at radius 1 is 1.13 bits per heavy atom. The number of aromatic nitrogens is 1. The highest BCUT2D eigenvalue weighted by molar-refractivity contribution is 7.89. The number of benzene rings is 2. The molecule has 1 aliphatic heterocycles. The Kier molecular flexibility index (Phi) is 4.56. The van der Waals surface area contributed by atoms with Gasteiger partial charge in [-0.15, -0.1) is 0 Å². The van der Waals surface area contributed by atoms with Gasteiger partial charge in [-0.3, -0.25) is 4.79 Å². The minimum absolute atomic E-state index is 0.0317. The van der Waals surface area contributed by atoms with Gasteiger partial charge in [0.2, 0.25) is 10.0 Å². The molecule has 6 nitrogen and oxygen atoms in total. The van der Waals surface area contributed by atoms with Gasteiger partial charge in [0.25, 0.3) is 0 Å². The predicted octanol–water partition coefficient (Wildman–Crippen LogP) is 3.83. The lowest BCUT2D eigenvalue weighted by Crippen LogP contribution is -2.42. The molecule has 0 N–H and O–H groups in total. The maximum Gasteiger partial charge on any atom is 0.248 e. The van der Waals surface area contributed by atoms with Crippen LogP contribution in [0.1, 0.15) is 45.8 Å². The molecule has 156 valence electrons. The zero-order valence-electron chi connectivity index (χ0n) is 17.1. The summed E-state index contributed by atoms with van der Waals surface area (Å²) in [6.45, 7) is 3.82. The van der Waals surface area contributed by atoms with Crippen molar-refractivity contribution in [2.24, 2.45) is 5.92 Å². The van der Waals surface area contributed by atoms with Gasteiger partial charge in [0.1, 0.15) is 10.6 Å². The van der Waals surface area contributed by atoms with Crippen molar-refractivity contribution in [3.63, 3.8) is 0 Å². The van der Waals surface area contributed by atoms with E-state index >= 15 is 0 Å². The number of hydrogen-bond donors (Lipinski definition) is 0. The van der Waals surface area contributed by atoms with Gasteiger partial charge in [0.15, 0.2) is 11.5 Å². The fourth-order valence-corrected chi connectivity index (χ4v) is 6.84. The van der Waals surface area contributed by atoms with Crippen LogP contribution in [0.25, 0.3) is 10.8 Å². The molecule has 2 aliphatic rings. The van der Waals surface area contributed by atoms with Crippen molar-refractivity contribution >= 4 is 26.6 Å². The quantitative estimate of drug-likeness (QED) is 0.595. The maximum absolute atomic E-state index is 13.5. The number of nitrogens with zero attached hydrogens (tertiary/aromatic N) is 2. The largest absolute Gasteiger partial charge is 0.360 e. The summed E-state index contributed by atoms with van der Waals surface area (Å²) in [4.78, 5) is 13.6. The van der Waals surface area contributed by atoms with Crippen molar-refractivity contribution in [2.75, 3.05) is 13.1 Å². The van der Waals surface area contributed by atoms with E-state index in [-0.39, 0.29) is 28.9 Å². The lowest BCUT2D eigenvalue weighted by molar-refractivity contribution is 0.0874. The van der Waals surface area contributed by atoms with Crippen LogP contribution in [0.3, 0.4) is 0 Å². The highest BCUT2D eigenvalue weighted by Crippen LogP contribution is 2.35. The van der Waals surface area contributed by atoms with Crippen molar-refractivity contribution in [3.05, 3.63) is 58.5 Å². The molecule has 0 saturated carbocycles. The Labute approximate surface area is 175 Å². The Morgan fingerprint density at radius 3 is 2.63 bits per heavy atom. The molecular formula is C23H24N2O4S. The van der Waals surface area contributed by atoms with Crippen LogP contribution >= 0.6 is 0 Å². The molecule has 1 aliphatic carbocycles. The summed E-state index contributed by atoms with van der Waals surface area (Å²) in [7, 11) is -3.75. The number of carbonyl (C=O) groups excluding carboxylic acids is 1. The Hall–Kier alpha value is -2.51. The number of aryl methyl sites for hydroxylation is 4. The third-order valence-electron chi connectivity index (χ3n) is 6.46. The SMILES string of the molecule is Cc1noc(C)c1S(=O)(=O)N1CCC[C@H](C(=O)c2ccc3c4c(cccc24)CC3)C1. The third-order valence-corrected chi connectivity index (χ3v) is 8.57. The first-order chi connectivity index (χ1) is 14.4. The van der Waals surface area contributed by atoms with E-state index in [0.717, 1.165) is 18.2 Å². The molecule has 0 unspecified atom stereocenters. The molecule has 2 aromatic carbocycles. The zero-order chi connectivity index (χ0) is 21.0. The van der Waals surface area contributed by atoms with Gasteiger partial charge >= 0.3 is 0 Å². The van der Waals surface area contributed by atoms with Crippen molar-refractivity contribution < 1.29 is 17.7 Å². The summed E-state index contributed by atoms with van der Waals surface area (Å²) < 4.78 is 32.9. The lowest BCUT2D eigenvalue weighted by atomic mass is 9.88. The average Bonchev–Trinajstić information content (AvgIpc) is 3.32. The summed E-state index contributed by atoms with van der Waals surface area (Å²) in [5.41, 5.74) is 3.65. The normalized spacial score (nSPS) is 19.5. The molecule has 1 aromatic heterocycles. The van der Waals surface area contributed by atoms with E-state index in [0.29, 0.717) is 30.6 Å². The lowest BCUT2D eigenvalue weighted by Gasteiger charge is -2.31. The van der Waals surface area contributed by atoms with Crippen molar-refractivity contribution in [3.8, 4) is 0 Å². The van der Waals surface area contributed by atoms with Crippen LogP contribution in [-0.4, -0.2) is 36.8 Å². The average molecular weight is 425 g/mol. The monoisotopic (exact) mass is 424 g/mol. The van der Waals surface area contributed by atoms with E-state index in [2.05, 4.69) is 17.3 Å². The number of sulfonamides is 1. The second-order valence-corrected chi connectivity index (χ2v) is 10.2. The minimum Gasteiger partial charge on any atom is -0.360 e. The number of hydrogen-bond acceptors (Lipinski definition) is 5. The van der Waals surface area contributed by atoms with Gasteiger partial charge in [-0.2, -0.15) is 4.31 Å². The number of Topliss-reactive ketones (excluding diaryl/α,β-unsaturated/α-hetero) is 1. The van der Waals surface area contributed by atoms with E-state index < -0.39 is 10.0 Å². The molecule has 1 atom stereocenters. The molecule has 0 spiro atoms. The molecule has 0 radical (unpaired) electrons. The van der Waals surface area contributed by atoms with Crippen LogP contribution in [-0.2, 0) is 22.9 Å². The molecule has 2 heterocycles. The van der Waals surface area contributed by atoms with Crippen LogP contribution in [0, 0.1) is 19.8 Å². The van der Waals surface area contributed by atoms with E-state index in [1.165, 1.54) is 20.8 Å². The van der Waals surface area contributed by atoms with Gasteiger partial charge in [-0.05, 0) is 61.4 Å². The standard InChI is InChI=1S/C23H24N2O4S/c1-14-23(15(2)29-24-14)30(27,28)25-12-4-6-18(13-25)22(26)20-11-10-17-9-8-16-5-3-7-19(20)21(16)17/h3,5,7,10-11,18H,4,6,8-9,12-13H2,1-2H3/t18-/m0/s1. The first kappa shape index (κ1) is 19.5. The molecule has 7 heteroatoms. The van der Waals surface area contributed by atoms with Crippen LogP contribution in [0.15, 0.2) is 39.8 Å². The van der Waals surface area contributed by atoms with Crippen LogP contribution in [0.2, 0.25) is 0 Å². The van der Waals surface area contributed by atoms with Crippen molar-refractivity contribution in [1.29, 1.82) is 0 Å². The second-order valence-electron chi connectivity index (χ2n) is 8.33. The van der Waals surface area contributed by atoms with Crippen molar-refractivity contribution in [2.45, 2.75) is 44.4 Å². The second kappa shape index (κ2) is 7.03. The number of ketones is 1. The van der Waals surface area contributed by atoms with Crippen LogP contribution < -0.4 is 0 Å². The molecule has 1 fully saturated rings. The van der Waals surface area contributed by atoms with Gasteiger partial charge in [0.05, 0.1) is 0 Å². The predicted molar refractivity (Wildman–Crippen MR) is 113 cm³/mol. The third kappa shape index (κ3) is 2.91. The highest BCUT2D eigenvalue weighted by atomic mass is 32.2. The molecule has 0 bridgehead atoms. The fourth-order valence-electron chi connectivity index (χ4n) is 5.03. The van der Waals surface area contributed by atoms with Gasteiger partial charge in [-0.25, -0.2) is 8.42 Å². The maximum atomic E-state index is 13.5. The van der Waals surface area contributed by atoms with Gasteiger partial charge in [0, 0.05) is 24.6 Å². The zero-order valence-corrected chi connectivity index (χ0v) is 18.0. The molecular weight excluding hydrogens is 400 g/mol. The summed E-state index contributed by atoms with van der Waals surface area (Å²) >= 11 is 0. The first-order valence-electron chi connectivity index (χ1n) is 10.4. The van der Waals surface area contributed by atoms with Crippen LogP contribution in [0.4, 0.5) is 0 Å². The summed E-state index contributed by atoms with van der Waals surface area (Å²) in [5.74, 6) is -0.0369. The Bertz CT molecular complexity index is 1250. The molecule has 1 saturated heterocycles. The van der Waals surface area contributed by atoms with Crippen molar-refractivity contribution in [1.82, 2.24) is 9.46 Å². The summed E-state index contributed by atoms with van der Waals surface area (Å²) in [5, 5.41) is 5.99. The van der Waals surface area contributed by atoms with E-state index in [9.17, 15) is 13.2 Å². The summed E-state index contributed by atoms with van der Waals surface area (Å²) in [6, 6.07) is 10.1.